The Morgan fingerprint density at radius 1 is 0.281 bits per heavy atom. The van der Waals surface area contributed by atoms with Gasteiger partial charge in [-0.05, 0) is 170 Å². The summed E-state index contributed by atoms with van der Waals surface area (Å²) in [5.41, 5.74) is 0.921. The SMILES string of the molecule is CC(C)(C)C1CC2CC3CC(C(C)(C)C)CC(CC4CC(C(C)(C)C)CC(CC5CC(C(C)(C)C)CC(CC(C1)C2OCC1CO1)C5OCC1CO1)C4OCC1CO1)C3OCC1CO1. The van der Waals surface area contributed by atoms with Crippen LogP contribution in [0.3, 0.4) is 0 Å². The minimum atomic E-state index is 0.229. The maximum absolute atomic E-state index is 7.39. The van der Waals surface area contributed by atoms with Gasteiger partial charge < -0.3 is 37.9 Å². The Bertz CT molecular complexity index is 1230. The number of hydrogen-bond acceptors (Lipinski definition) is 8. The Kier molecular flexibility index (Phi) is 14.5. The first-order valence-electron chi connectivity index (χ1n) is 27.1. The monoisotopic (exact) mass is 897 g/mol. The molecule has 8 heteroatoms. The standard InChI is InChI=1S/C56H96O8/c1-53(2,3)41-17-33-13-35-19-42(54(4,5)6)21-37(50(35)62-30-46-26-58-46)15-39-23-44(56(10,11)12)24-40(52(39)64-32-48-28-60-48)16-38-22-43(55(7,8)9)20-36(51(38)63-31-47-27-59-47)14-34(18-41)49(33)61-29-45-25-57-45/h33-52H,13-32H2,1-12H3. The van der Waals surface area contributed by atoms with Crippen molar-refractivity contribution in [1.29, 1.82) is 0 Å². The summed E-state index contributed by atoms with van der Waals surface area (Å²) in [6.45, 7) is 36.6. The summed E-state index contributed by atoms with van der Waals surface area (Å²) in [6, 6.07) is 0. The van der Waals surface area contributed by atoms with Crippen molar-refractivity contribution in [2.75, 3.05) is 52.9 Å². The summed E-state index contributed by atoms with van der Waals surface area (Å²) in [4.78, 5) is 0. The van der Waals surface area contributed by atoms with Gasteiger partial charge in [-0.1, -0.05) is 83.1 Å². The van der Waals surface area contributed by atoms with E-state index in [4.69, 9.17) is 37.9 Å². The third kappa shape index (κ3) is 12.3. The number of epoxide rings is 4. The maximum Gasteiger partial charge on any atom is 0.104 e. The summed E-state index contributed by atoms with van der Waals surface area (Å²) in [6.07, 6.45) is 16.6. The van der Waals surface area contributed by atoms with Crippen molar-refractivity contribution in [3.8, 4) is 0 Å². The van der Waals surface area contributed by atoms with Crippen molar-refractivity contribution >= 4 is 0 Å². The number of rotatable bonds is 12. The summed E-state index contributed by atoms with van der Waals surface area (Å²) < 4.78 is 53.1. The predicted molar refractivity (Wildman–Crippen MR) is 253 cm³/mol. The highest BCUT2D eigenvalue weighted by Crippen LogP contribution is 2.57. The number of hydrogen-bond donors (Lipinski definition) is 0. The van der Waals surface area contributed by atoms with Gasteiger partial charge in [-0.15, -0.1) is 0 Å². The molecule has 9 aliphatic rings. The van der Waals surface area contributed by atoms with Gasteiger partial charge >= 0.3 is 0 Å². The second-order valence-electron chi connectivity index (χ2n) is 28.2. The lowest BCUT2D eigenvalue weighted by Gasteiger charge is -2.54. The molecule has 0 N–H and O–H groups in total. The normalized spacial score (nSPS) is 46.3. The average molecular weight is 897 g/mol. The van der Waals surface area contributed by atoms with Gasteiger partial charge in [0.1, 0.15) is 24.4 Å². The van der Waals surface area contributed by atoms with E-state index in [2.05, 4.69) is 83.1 Å². The first kappa shape index (κ1) is 48.7. The summed E-state index contributed by atoms with van der Waals surface area (Å²) >= 11 is 0. The largest absolute Gasteiger partial charge is 0.375 e. The van der Waals surface area contributed by atoms with Gasteiger partial charge in [0.05, 0.1) is 77.3 Å². The van der Waals surface area contributed by atoms with Crippen LogP contribution >= 0.6 is 0 Å². The van der Waals surface area contributed by atoms with Gasteiger partial charge in [0, 0.05) is 0 Å². The van der Waals surface area contributed by atoms with Crippen LogP contribution < -0.4 is 0 Å². The van der Waals surface area contributed by atoms with Crippen LogP contribution in [-0.4, -0.2) is 102 Å². The van der Waals surface area contributed by atoms with Gasteiger partial charge in [-0.2, -0.15) is 0 Å². The minimum absolute atomic E-state index is 0.229. The quantitative estimate of drug-likeness (QED) is 0.179. The fraction of sp³-hybridized carbons (Fsp3) is 1.00. The van der Waals surface area contributed by atoms with E-state index in [-0.39, 0.29) is 70.5 Å². The van der Waals surface area contributed by atoms with Gasteiger partial charge in [0.15, 0.2) is 0 Å². The molecule has 4 aliphatic heterocycles. The summed E-state index contributed by atoms with van der Waals surface area (Å²) in [5, 5.41) is 0. The molecule has 9 rings (SSSR count). The molecule has 12 unspecified atom stereocenters. The Hall–Kier alpha value is -0.320. The van der Waals surface area contributed by atoms with E-state index in [9.17, 15) is 0 Å². The molecular formula is C56H96O8. The van der Waals surface area contributed by atoms with Gasteiger partial charge in [0.25, 0.3) is 0 Å². The van der Waals surface area contributed by atoms with Gasteiger partial charge in [0.2, 0.25) is 0 Å². The molecule has 5 aliphatic carbocycles. The van der Waals surface area contributed by atoms with E-state index < -0.39 is 0 Å². The van der Waals surface area contributed by atoms with Crippen LogP contribution in [0.25, 0.3) is 0 Å². The van der Waals surface area contributed by atoms with Crippen LogP contribution in [0.4, 0.5) is 0 Å². The molecule has 4 saturated heterocycles. The van der Waals surface area contributed by atoms with Crippen molar-refractivity contribution in [3.63, 3.8) is 0 Å². The second kappa shape index (κ2) is 19.1. The van der Waals surface area contributed by atoms with Crippen molar-refractivity contribution in [1.82, 2.24) is 0 Å². The topological polar surface area (TPSA) is 87.0 Å². The van der Waals surface area contributed by atoms with Crippen LogP contribution in [0, 0.1) is 92.7 Å². The molecule has 12 atom stereocenters. The van der Waals surface area contributed by atoms with E-state index in [1.807, 2.05) is 0 Å². The van der Waals surface area contributed by atoms with E-state index in [0.717, 1.165) is 52.9 Å². The van der Waals surface area contributed by atoms with Crippen molar-refractivity contribution < 1.29 is 37.9 Å². The highest BCUT2D eigenvalue weighted by Gasteiger charge is 2.54. The van der Waals surface area contributed by atoms with E-state index in [0.29, 0.717) is 71.0 Å². The van der Waals surface area contributed by atoms with Crippen LogP contribution in [0.1, 0.15) is 160 Å². The Morgan fingerprint density at radius 3 is 0.562 bits per heavy atom. The molecule has 0 spiro atoms. The smallest absolute Gasteiger partial charge is 0.104 e. The molecular weight excluding hydrogens is 801 g/mol. The molecule has 8 bridgehead atoms. The summed E-state index contributed by atoms with van der Waals surface area (Å²) in [5.74, 6) is 6.47. The van der Waals surface area contributed by atoms with E-state index in [1.165, 1.54) is 77.0 Å². The third-order valence-electron chi connectivity index (χ3n) is 19.2. The highest BCUT2D eigenvalue weighted by atomic mass is 16.6. The van der Waals surface area contributed by atoms with Crippen molar-refractivity contribution in [2.45, 2.75) is 209 Å². The summed E-state index contributed by atoms with van der Waals surface area (Å²) in [7, 11) is 0. The molecule has 0 radical (unpaired) electrons. The highest BCUT2D eigenvalue weighted by molar-refractivity contribution is 5.03. The molecule has 5 saturated carbocycles. The van der Waals surface area contributed by atoms with Crippen molar-refractivity contribution in [3.05, 3.63) is 0 Å². The average Bonchev–Trinajstić information content (AvgIpc) is 4.00. The first-order valence-corrected chi connectivity index (χ1v) is 27.1. The van der Waals surface area contributed by atoms with Crippen molar-refractivity contribution in [2.24, 2.45) is 92.7 Å². The second-order valence-corrected chi connectivity index (χ2v) is 28.2. The molecule has 0 aromatic carbocycles. The lowest BCUT2D eigenvalue weighted by molar-refractivity contribution is -0.148. The van der Waals surface area contributed by atoms with Gasteiger partial charge in [-0.3, -0.25) is 0 Å². The Labute approximate surface area is 391 Å². The van der Waals surface area contributed by atoms with Gasteiger partial charge in [-0.25, -0.2) is 0 Å². The Morgan fingerprint density at radius 2 is 0.438 bits per heavy atom. The lowest BCUT2D eigenvalue weighted by Crippen LogP contribution is -2.52. The minimum Gasteiger partial charge on any atom is -0.375 e. The molecule has 64 heavy (non-hydrogen) atoms. The number of ether oxygens (including phenoxy) is 8. The van der Waals surface area contributed by atoms with E-state index in [1.54, 1.807) is 0 Å². The molecule has 8 nitrogen and oxygen atoms in total. The zero-order chi connectivity index (χ0) is 45.3. The lowest BCUT2D eigenvalue weighted by atomic mass is 9.54. The molecule has 0 aromatic heterocycles. The van der Waals surface area contributed by atoms with Crippen LogP contribution in [0.5, 0.6) is 0 Å². The number of fused-ring (bicyclic) bond motifs is 8. The fourth-order valence-corrected chi connectivity index (χ4v) is 14.8. The molecule has 0 aromatic rings. The third-order valence-corrected chi connectivity index (χ3v) is 19.2. The fourth-order valence-electron chi connectivity index (χ4n) is 14.8. The molecule has 9 fully saturated rings. The van der Waals surface area contributed by atoms with E-state index >= 15 is 0 Å². The van der Waals surface area contributed by atoms with Crippen LogP contribution in [0.15, 0.2) is 0 Å². The molecule has 4 heterocycles. The zero-order valence-corrected chi connectivity index (χ0v) is 43.0. The Balaban J connectivity index is 1.16. The molecule has 368 valence electrons. The first-order chi connectivity index (χ1) is 30.2. The zero-order valence-electron chi connectivity index (χ0n) is 43.0. The maximum atomic E-state index is 7.39. The van der Waals surface area contributed by atoms with Crippen LogP contribution in [0.2, 0.25) is 0 Å². The predicted octanol–water partition coefficient (Wildman–Crippen LogP) is 11.5. The molecule has 0 amide bonds. The van der Waals surface area contributed by atoms with Crippen LogP contribution in [-0.2, 0) is 37.9 Å².